The zero-order valence-electron chi connectivity index (χ0n) is 12.3. The maximum Gasteiger partial charge on any atom is 0.305 e. The molecular formula is C15H27NO3. The first kappa shape index (κ1) is 16.2. The summed E-state index contributed by atoms with van der Waals surface area (Å²) in [6.45, 7) is 7.09. The summed E-state index contributed by atoms with van der Waals surface area (Å²) in [6, 6.07) is 0. The largest absolute Gasteiger partial charge is 0.466 e. The van der Waals surface area contributed by atoms with Crippen LogP contribution in [0.1, 0.15) is 52.4 Å². The highest BCUT2D eigenvalue weighted by Gasteiger charge is 2.22. The summed E-state index contributed by atoms with van der Waals surface area (Å²) in [6.07, 6.45) is 5.78. The molecule has 0 aliphatic carbocycles. The monoisotopic (exact) mass is 269 g/mol. The minimum Gasteiger partial charge on any atom is -0.466 e. The second-order valence-electron chi connectivity index (χ2n) is 5.37. The smallest absolute Gasteiger partial charge is 0.305 e. The van der Waals surface area contributed by atoms with E-state index in [1.165, 1.54) is 0 Å². The topological polar surface area (TPSA) is 46.6 Å². The Bertz CT molecular complexity index is 291. The predicted molar refractivity (Wildman–Crippen MR) is 74.9 cm³/mol. The quantitative estimate of drug-likeness (QED) is 0.501. The van der Waals surface area contributed by atoms with Gasteiger partial charge in [-0.2, -0.15) is 0 Å². The molecule has 1 aliphatic heterocycles. The Hall–Kier alpha value is -0.900. The summed E-state index contributed by atoms with van der Waals surface area (Å²) in [5.74, 6) is 0.484. The van der Waals surface area contributed by atoms with Gasteiger partial charge in [-0.25, -0.2) is 0 Å². The fourth-order valence-corrected chi connectivity index (χ4v) is 2.61. The van der Waals surface area contributed by atoms with E-state index in [1.54, 1.807) is 6.92 Å². The second kappa shape index (κ2) is 9.08. The van der Waals surface area contributed by atoms with Crippen LogP contribution in [-0.2, 0) is 14.3 Å². The van der Waals surface area contributed by atoms with Crippen LogP contribution in [0, 0.1) is 5.92 Å². The molecular weight excluding hydrogens is 242 g/mol. The van der Waals surface area contributed by atoms with E-state index in [9.17, 15) is 9.59 Å². The molecule has 1 atom stereocenters. The van der Waals surface area contributed by atoms with Crippen LogP contribution in [0.3, 0.4) is 0 Å². The Morgan fingerprint density at radius 1 is 1.26 bits per heavy atom. The summed E-state index contributed by atoms with van der Waals surface area (Å²) in [5.41, 5.74) is 0. The van der Waals surface area contributed by atoms with Crippen LogP contribution in [0.2, 0.25) is 0 Å². The number of carbonyl (C=O) groups is 2. The van der Waals surface area contributed by atoms with E-state index in [0.717, 1.165) is 51.7 Å². The Morgan fingerprint density at radius 2 is 2.05 bits per heavy atom. The van der Waals surface area contributed by atoms with Gasteiger partial charge in [0.2, 0.25) is 0 Å². The average molecular weight is 269 g/mol. The number of hydrogen-bond acceptors (Lipinski definition) is 4. The van der Waals surface area contributed by atoms with Crippen molar-refractivity contribution < 1.29 is 14.3 Å². The van der Waals surface area contributed by atoms with Gasteiger partial charge >= 0.3 is 5.97 Å². The molecule has 110 valence electrons. The number of unbranched alkanes of at least 4 members (excludes halogenated alkanes) is 2. The number of piperidine rings is 1. The normalized spacial score (nSPS) is 20.2. The van der Waals surface area contributed by atoms with Crippen LogP contribution < -0.4 is 0 Å². The van der Waals surface area contributed by atoms with Crippen molar-refractivity contribution >= 4 is 11.8 Å². The van der Waals surface area contributed by atoms with E-state index in [-0.39, 0.29) is 11.9 Å². The fourth-order valence-electron chi connectivity index (χ4n) is 2.61. The van der Waals surface area contributed by atoms with E-state index in [0.29, 0.717) is 18.8 Å². The molecule has 1 unspecified atom stereocenters. The summed E-state index contributed by atoms with van der Waals surface area (Å²) in [7, 11) is 0. The van der Waals surface area contributed by atoms with Crippen LogP contribution in [0.4, 0.5) is 0 Å². The van der Waals surface area contributed by atoms with E-state index < -0.39 is 0 Å². The number of ketones is 1. The van der Waals surface area contributed by atoms with Gasteiger partial charge in [-0.15, -0.1) is 0 Å². The molecule has 1 rings (SSSR count). The molecule has 0 saturated carbocycles. The molecule has 1 aliphatic rings. The number of hydrogen-bond donors (Lipinski definition) is 0. The van der Waals surface area contributed by atoms with Crippen molar-refractivity contribution in [3.05, 3.63) is 0 Å². The van der Waals surface area contributed by atoms with Crippen molar-refractivity contribution in [2.75, 3.05) is 26.2 Å². The first-order valence-corrected chi connectivity index (χ1v) is 7.52. The molecule has 4 nitrogen and oxygen atoms in total. The lowest BCUT2D eigenvalue weighted by atomic mass is 9.94. The molecule has 1 fully saturated rings. The highest BCUT2D eigenvalue weighted by atomic mass is 16.5. The minimum atomic E-state index is -0.0860. The van der Waals surface area contributed by atoms with Gasteiger partial charge in [-0.3, -0.25) is 9.59 Å². The van der Waals surface area contributed by atoms with Crippen LogP contribution in [-0.4, -0.2) is 42.9 Å². The number of rotatable bonds is 8. The molecule has 0 aromatic heterocycles. The van der Waals surface area contributed by atoms with E-state index in [2.05, 4.69) is 4.90 Å². The summed E-state index contributed by atoms with van der Waals surface area (Å²) in [5, 5.41) is 0. The van der Waals surface area contributed by atoms with Crippen molar-refractivity contribution in [2.45, 2.75) is 52.4 Å². The number of Topliss-reactive ketones (excluding diaryl/α,β-unsaturated/α-hetero) is 1. The van der Waals surface area contributed by atoms with Gasteiger partial charge in [0.15, 0.2) is 0 Å². The van der Waals surface area contributed by atoms with Crippen molar-refractivity contribution in [1.29, 1.82) is 0 Å². The third kappa shape index (κ3) is 6.71. The van der Waals surface area contributed by atoms with Gasteiger partial charge < -0.3 is 9.64 Å². The molecule has 0 aromatic carbocycles. The molecule has 1 heterocycles. The van der Waals surface area contributed by atoms with Crippen LogP contribution in [0.25, 0.3) is 0 Å². The Labute approximate surface area is 116 Å². The van der Waals surface area contributed by atoms with Crippen molar-refractivity contribution in [1.82, 2.24) is 4.90 Å². The SMILES string of the molecule is CCOC(=O)CCCCCN1CCCC(C(C)=O)C1. The van der Waals surface area contributed by atoms with Gasteiger partial charge in [0.1, 0.15) is 5.78 Å². The molecule has 0 bridgehead atoms. The summed E-state index contributed by atoms with van der Waals surface area (Å²) in [4.78, 5) is 24.9. The number of esters is 1. The second-order valence-corrected chi connectivity index (χ2v) is 5.37. The molecule has 0 aromatic rings. The van der Waals surface area contributed by atoms with Gasteiger partial charge in [-0.1, -0.05) is 6.42 Å². The van der Waals surface area contributed by atoms with Gasteiger partial charge in [0, 0.05) is 18.9 Å². The highest BCUT2D eigenvalue weighted by molar-refractivity contribution is 5.78. The van der Waals surface area contributed by atoms with Crippen molar-refractivity contribution in [2.24, 2.45) is 5.92 Å². The first-order valence-electron chi connectivity index (χ1n) is 7.52. The number of likely N-dealkylation sites (tertiary alicyclic amines) is 1. The van der Waals surface area contributed by atoms with Crippen LogP contribution >= 0.6 is 0 Å². The maximum absolute atomic E-state index is 11.4. The van der Waals surface area contributed by atoms with Crippen molar-refractivity contribution in [3.8, 4) is 0 Å². The fraction of sp³-hybridized carbons (Fsp3) is 0.867. The maximum atomic E-state index is 11.4. The number of carbonyl (C=O) groups excluding carboxylic acids is 2. The Kier molecular flexibility index (Phi) is 7.72. The van der Waals surface area contributed by atoms with E-state index in [1.807, 2.05) is 6.92 Å². The van der Waals surface area contributed by atoms with Crippen LogP contribution in [0.5, 0.6) is 0 Å². The first-order chi connectivity index (χ1) is 9.13. The minimum absolute atomic E-state index is 0.0860. The standard InChI is InChI=1S/C15H27NO3/c1-3-19-15(18)9-5-4-6-10-16-11-7-8-14(12-16)13(2)17/h14H,3-12H2,1-2H3. The Balaban J connectivity index is 2.06. The highest BCUT2D eigenvalue weighted by Crippen LogP contribution is 2.17. The number of ether oxygens (including phenoxy) is 1. The number of nitrogens with zero attached hydrogens (tertiary/aromatic N) is 1. The third-order valence-corrected chi connectivity index (χ3v) is 3.74. The molecule has 1 saturated heterocycles. The lowest BCUT2D eigenvalue weighted by Gasteiger charge is -2.31. The zero-order chi connectivity index (χ0) is 14.1. The predicted octanol–water partition coefficient (Wildman–Crippen LogP) is 2.41. The van der Waals surface area contributed by atoms with Gasteiger partial charge in [0.05, 0.1) is 6.61 Å². The van der Waals surface area contributed by atoms with Crippen molar-refractivity contribution in [3.63, 3.8) is 0 Å². The molecule has 0 N–H and O–H groups in total. The summed E-state index contributed by atoms with van der Waals surface area (Å²) >= 11 is 0. The molecule has 4 heteroatoms. The van der Waals surface area contributed by atoms with Gasteiger partial charge in [0.25, 0.3) is 0 Å². The third-order valence-electron chi connectivity index (χ3n) is 3.74. The zero-order valence-corrected chi connectivity index (χ0v) is 12.3. The molecule has 0 radical (unpaired) electrons. The molecule has 0 amide bonds. The molecule has 19 heavy (non-hydrogen) atoms. The van der Waals surface area contributed by atoms with Crippen LogP contribution in [0.15, 0.2) is 0 Å². The van der Waals surface area contributed by atoms with E-state index >= 15 is 0 Å². The van der Waals surface area contributed by atoms with Gasteiger partial charge in [-0.05, 0) is 52.6 Å². The Morgan fingerprint density at radius 3 is 2.74 bits per heavy atom. The lowest BCUT2D eigenvalue weighted by molar-refractivity contribution is -0.143. The average Bonchev–Trinajstić information content (AvgIpc) is 2.39. The van der Waals surface area contributed by atoms with E-state index in [4.69, 9.17) is 4.74 Å². The summed E-state index contributed by atoms with van der Waals surface area (Å²) < 4.78 is 4.89. The lowest BCUT2D eigenvalue weighted by Crippen LogP contribution is -2.38. The molecule has 0 spiro atoms.